The van der Waals surface area contributed by atoms with Crippen LogP contribution in [0.25, 0.3) is 0 Å². The van der Waals surface area contributed by atoms with E-state index in [1.807, 2.05) is 11.8 Å². The number of carbonyl (C=O) groups excluding carboxylic acids is 2. The first kappa shape index (κ1) is 24.4. The average Bonchev–Trinajstić information content (AvgIpc) is 2.90. The molecule has 28 heavy (non-hydrogen) atoms. The Balaban J connectivity index is 0.00000392. The molecule has 1 fully saturated rings. The third kappa shape index (κ3) is 6.48. The van der Waals surface area contributed by atoms with E-state index in [1.165, 1.54) is 5.56 Å². The monoisotopic (exact) mass is 413 g/mol. The fraction of sp³-hybridized carbons (Fsp3) is 0.750. The lowest BCUT2D eigenvalue weighted by Crippen LogP contribution is -2.46. The maximum Gasteiger partial charge on any atom is 0.224 e. The first-order valence-electron chi connectivity index (χ1n) is 10.1. The molecular weight excluding hydrogens is 378 g/mol. The smallest absolute Gasteiger partial charge is 0.224 e. The number of likely N-dealkylation sites (tertiary alicyclic amines) is 1. The van der Waals surface area contributed by atoms with Crippen LogP contribution in [0.3, 0.4) is 0 Å². The van der Waals surface area contributed by atoms with Gasteiger partial charge in [-0.05, 0) is 44.6 Å². The topological polar surface area (TPSA) is 93.2 Å². The maximum absolute atomic E-state index is 12.7. The number of hydrogen-bond donors (Lipinski definition) is 2. The summed E-state index contributed by atoms with van der Waals surface area (Å²) >= 11 is 0. The van der Waals surface area contributed by atoms with Crippen LogP contribution >= 0.6 is 12.4 Å². The molecule has 2 amide bonds. The minimum atomic E-state index is -0.119. The molecule has 0 radical (unpaired) electrons. The summed E-state index contributed by atoms with van der Waals surface area (Å²) in [7, 11) is 0. The predicted molar refractivity (Wildman–Crippen MR) is 113 cm³/mol. The summed E-state index contributed by atoms with van der Waals surface area (Å²) in [5, 5.41) is 7.47. The summed E-state index contributed by atoms with van der Waals surface area (Å²) in [6.07, 6.45) is 2.87. The van der Waals surface area contributed by atoms with Crippen LogP contribution in [0.1, 0.15) is 50.1 Å². The van der Waals surface area contributed by atoms with Gasteiger partial charge < -0.3 is 16.0 Å². The number of amides is 2. The first-order valence-corrected chi connectivity index (χ1v) is 10.1. The van der Waals surface area contributed by atoms with E-state index in [0.717, 1.165) is 37.3 Å². The van der Waals surface area contributed by atoms with Crippen molar-refractivity contribution in [2.75, 3.05) is 26.2 Å². The third-order valence-corrected chi connectivity index (χ3v) is 5.25. The van der Waals surface area contributed by atoms with Gasteiger partial charge >= 0.3 is 0 Å². The Morgan fingerprint density at radius 1 is 1.32 bits per heavy atom. The van der Waals surface area contributed by atoms with Gasteiger partial charge in [0, 0.05) is 44.8 Å². The summed E-state index contributed by atoms with van der Waals surface area (Å²) in [5.41, 5.74) is 8.79. The van der Waals surface area contributed by atoms with E-state index in [0.29, 0.717) is 38.4 Å². The molecule has 160 valence electrons. The molecular formula is C20H36ClN5O2. The Morgan fingerprint density at radius 2 is 2.04 bits per heavy atom. The molecule has 0 aromatic carbocycles. The number of rotatable bonds is 8. The van der Waals surface area contributed by atoms with Gasteiger partial charge in [-0.2, -0.15) is 5.10 Å². The van der Waals surface area contributed by atoms with Gasteiger partial charge in [-0.3, -0.25) is 14.3 Å². The summed E-state index contributed by atoms with van der Waals surface area (Å²) in [6.45, 7) is 11.5. The SMILES string of the molecule is Cc1nn(CC(C)C)c(C)c1CCC(=O)N1CCCC(C(=O)NCCN)C1.Cl. The van der Waals surface area contributed by atoms with Gasteiger partial charge in [-0.1, -0.05) is 13.8 Å². The minimum Gasteiger partial charge on any atom is -0.355 e. The molecule has 1 unspecified atom stereocenters. The van der Waals surface area contributed by atoms with Gasteiger partial charge in [0.05, 0.1) is 11.6 Å². The second-order valence-corrected chi connectivity index (χ2v) is 7.98. The fourth-order valence-corrected chi connectivity index (χ4v) is 3.77. The maximum atomic E-state index is 12.7. The van der Waals surface area contributed by atoms with Gasteiger partial charge in [-0.15, -0.1) is 12.4 Å². The standard InChI is InChI=1S/C20H35N5O2.ClH/c1-14(2)12-25-16(4)18(15(3)23-25)7-8-19(26)24-11-5-6-17(13-24)20(27)22-10-9-21;/h14,17H,5-13,21H2,1-4H3,(H,22,27);1H. The number of aryl methyl sites for hydroxylation is 1. The van der Waals surface area contributed by atoms with Crippen LogP contribution in [0.5, 0.6) is 0 Å². The lowest BCUT2D eigenvalue weighted by Gasteiger charge is -2.32. The number of halogens is 1. The average molecular weight is 414 g/mol. The van der Waals surface area contributed by atoms with Gasteiger partial charge in [-0.25, -0.2) is 0 Å². The summed E-state index contributed by atoms with van der Waals surface area (Å²) in [6, 6.07) is 0. The van der Waals surface area contributed by atoms with Crippen molar-refractivity contribution in [2.45, 2.75) is 59.9 Å². The van der Waals surface area contributed by atoms with Gasteiger partial charge in [0.15, 0.2) is 0 Å². The highest BCUT2D eigenvalue weighted by Gasteiger charge is 2.28. The zero-order valence-electron chi connectivity index (χ0n) is 17.7. The molecule has 1 atom stereocenters. The van der Waals surface area contributed by atoms with Gasteiger partial charge in [0.2, 0.25) is 11.8 Å². The zero-order valence-corrected chi connectivity index (χ0v) is 18.5. The quantitative estimate of drug-likeness (QED) is 0.679. The highest BCUT2D eigenvalue weighted by Crippen LogP contribution is 2.20. The largest absolute Gasteiger partial charge is 0.355 e. The molecule has 1 saturated heterocycles. The van der Waals surface area contributed by atoms with Crippen LogP contribution in [-0.4, -0.2) is 52.7 Å². The highest BCUT2D eigenvalue weighted by atomic mass is 35.5. The number of aromatic nitrogens is 2. The van der Waals surface area contributed by atoms with E-state index in [-0.39, 0.29) is 30.1 Å². The van der Waals surface area contributed by atoms with Crippen molar-refractivity contribution < 1.29 is 9.59 Å². The van der Waals surface area contributed by atoms with Crippen molar-refractivity contribution >= 4 is 24.2 Å². The van der Waals surface area contributed by atoms with Gasteiger partial charge in [0.1, 0.15) is 0 Å². The van der Waals surface area contributed by atoms with E-state index >= 15 is 0 Å². The van der Waals surface area contributed by atoms with E-state index < -0.39 is 0 Å². The van der Waals surface area contributed by atoms with Crippen LogP contribution in [0.4, 0.5) is 0 Å². The van der Waals surface area contributed by atoms with Crippen molar-refractivity contribution in [2.24, 2.45) is 17.6 Å². The predicted octanol–water partition coefficient (Wildman–Crippen LogP) is 1.82. The number of carbonyl (C=O) groups is 2. The molecule has 8 heteroatoms. The van der Waals surface area contributed by atoms with Crippen LogP contribution in [0, 0.1) is 25.7 Å². The second-order valence-electron chi connectivity index (χ2n) is 7.98. The van der Waals surface area contributed by atoms with Crippen molar-refractivity contribution in [1.29, 1.82) is 0 Å². The Bertz CT molecular complexity index is 659. The van der Waals surface area contributed by atoms with Crippen LogP contribution in [0.15, 0.2) is 0 Å². The van der Waals surface area contributed by atoms with E-state index in [1.54, 1.807) is 0 Å². The van der Waals surface area contributed by atoms with Crippen molar-refractivity contribution in [3.8, 4) is 0 Å². The van der Waals surface area contributed by atoms with Crippen molar-refractivity contribution in [3.05, 3.63) is 17.0 Å². The Morgan fingerprint density at radius 3 is 2.68 bits per heavy atom. The van der Waals surface area contributed by atoms with Crippen molar-refractivity contribution in [3.63, 3.8) is 0 Å². The molecule has 2 rings (SSSR count). The summed E-state index contributed by atoms with van der Waals surface area (Å²) < 4.78 is 2.05. The highest BCUT2D eigenvalue weighted by molar-refractivity contribution is 5.85. The molecule has 1 aromatic heterocycles. The number of nitrogens with zero attached hydrogens (tertiary/aromatic N) is 3. The zero-order chi connectivity index (χ0) is 20.0. The number of nitrogens with one attached hydrogen (secondary N) is 1. The molecule has 1 aliphatic heterocycles. The molecule has 1 aliphatic rings. The molecule has 0 bridgehead atoms. The third-order valence-electron chi connectivity index (χ3n) is 5.25. The summed E-state index contributed by atoms with van der Waals surface area (Å²) in [5.74, 6) is 0.557. The molecule has 0 aliphatic carbocycles. The molecule has 3 N–H and O–H groups in total. The fourth-order valence-electron chi connectivity index (χ4n) is 3.77. The molecule has 7 nitrogen and oxygen atoms in total. The second kappa shape index (κ2) is 11.4. The molecule has 0 saturated carbocycles. The lowest BCUT2D eigenvalue weighted by molar-refractivity contribution is -0.135. The van der Waals surface area contributed by atoms with Crippen LogP contribution in [-0.2, 0) is 22.6 Å². The van der Waals surface area contributed by atoms with Crippen LogP contribution < -0.4 is 11.1 Å². The molecule has 2 heterocycles. The Labute approximate surface area is 174 Å². The number of piperidine rings is 1. The normalized spacial score (nSPS) is 16.8. The van der Waals surface area contributed by atoms with E-state index in [2.05, 4.69) is 35.9 Å². The van der Waals surface area contributed by atoms with E-state index in [9.17, 15) is 9.59 Å². The lowest BCUT2D eigenvalue weighted by atomic mass is 9.96. The number of nitrogens with two attached hydrogens (primary N) is 1. The molecule has 0 spiro atoms. The molecule has 1 aromatic rings. The summed E-state index contributed by atoms with van der Waals surface area (Å²) in [4.78, 5) is 26.7. The minimum absolute atomic E-state index is 0. The van der Waals surface area contributed by atoms with Crippen LogP contribution in [0.2, 0.25) is 0 Å². The Hall–Kier alpha value is -1.60. The number of hydrogen-bond acceptors (Lipinski definition) is 4. The van der Waals surface area contributed by atoms with Gasteiger partial charge in [0.25, 0.3) is 0 Å². The van der Waals surface area contributed by atoms with Crippen molar-refractivity contribution in [1.82, 2.24) is 20.0 Å². The first-order chi connectivity index (χ1) is 12.8. The Kier molecular flexibility index (Phi) is 9.96. The van der Waals surface area contributed by atoms with E-state index in [4.69, 9.17) is 5.73 Å².